The van der Waals surface area contributed by atoms with E-state index in [4.69, 9.17) is 9.47 Å². The Morgan fingerprint density at radius 2 is 1.63 bits per heavy atom. The van der Waals surface area contributed by atoms with E-state index in [2.05, 4.69) is 19.2 Å². The standard InChI is InChI=1S/C28H48N2O5/c1-5-7-9-11-13-16-25(15-12-10-8-6-2)35-23(3)26-21-24(18-19-27(26)30(32)33)22-29-28(31)17-14-20-34-4/h18-19,21,23,25H,5-17,20,22H2,1-4H3,(H,29,31). The second-order valence-corrected chi connectivity index (χ2v) is 9.48. The SMILES string of the molecule is CCCCCCCC(CCCCCC)OC(C)c1cc(CNC(=O)CCCOC)ccc1[N+](=O)[O-]. The van der Waals surface area contributed by atoms with Crippen LogP contribution < -0.4 is 5.32 Å². The first-order chi connectivity index (χ1) is 16.9. The fourth-order valence-corrected chi connectivity index (χ4v) is 4.29. The second kappa shape index (κ2) is 19.2. The van der Waals surface area contributed by atoms with Crippen molar-refractivity contribution in [3.63, 3.8) is 0 Å². The monoisotopic (exact) mass is 492 g/mol. The molecular formula is C28H48N2O5. The maximum atomic E-state index is 12.0. The molecule has 0 saturated heterocycles. The first-order valence-corrected chi connectivity index (χ1v) is 13.6. The lowest BCUT2D eigenvalue weighted by Crippen LogP contribution is -2.23. The molecule has 2 unspecified atom stereocenters. The summed E-state index contributed by atoms with van der Waals surface area (Å²) in [5, 5.41) is 14.6. The molecule has 0 spiro atoms. The number of nitro groups is 1. The van der Waals surface area contributed by atoms with E-state index in [0.717, 1.165) is 31.2 Å². The molecule has 7 nitrogen and oxygen atoms in total. The van der Waals surface area contributed by atoms with Gasteiger partial charge in [0.1, 0.15) is 0 Å². The van der Waals surface area contributed by atoms with Crippen molar-refractivity contribution >= 4 is 11.6 Å². The number of amides is 1. The van der Waals surface area contributed by atoms with Crippen LogP contribution in [0.5, 0.6) is 0 Å². The van der Waals surface area contributed by atoms with E-state index in [1.165, 1.54) is 51.0 Å². The molecule has 200 valence electrons. The lowest BCUT2D eigenvalue weighted by atomic mass is 10.0. The minimum atomic E-state index is -0.389. The number of methoxy groups -OCH3 is 1. The van der Waals surface area contributed by atoms with Gasteiger partial charge in [-0.15, -0.1) is 0 Å². The summed E-state index contributed by atoms with van der Waals surface area (Å²) in [6, 6.07) is 5.05. The minimum absolute atomic E-state index is 0.0542. The van der Waals surface area contributed by atoms with Crippen LogP contribution in [0.3, 0.4) is 0 Å². The predicted molar refractivity (Wildman–Crippen MR) is 141 cm³/mol. The van der Waals surface area contributed by atoms with Crippen molar-refractivity contribution in [3.05, 3.63) is 39.4 Å². The highest BCUT2D eigenvalue weighted by molar-refractivity contribution is 5.75. The summed E-state index contributed by atoms with van der Waals surface area (Å²) >= 11 is 0. The van der Waals surface area contributed by atoms with Crippen molar-refractivity contribution in [2.24, 2.45) is 0 Å². The Balaban J connectivity index is 2.84. The molecule has 0 aliphatic carbocycles. The van der Waals surface area contributed by atoms with Gasteiger partial charge in [-0.05, 0) is 37.8 Å². The van der Waals surface area contributed by atoms with E-state index in [1.54, 1.807) is 13.2 Å². The smallest absolute Gasteiger partial charge is 0.275 e. The Kier molecular flexibility index (Phi) is 17.1. The van der Waals surface area contributed by atoms with Gasteiger partial charge in [0.05, 0.1) is 22.7 Å². The highest BCUT2D eigenvalue weighted by Gasteiger charge is 2.23. The Hall–Kier alpha value is -1.99. The van der Waals surface area contributed by atoms with Crippen LogP contribution in [-0.2, 0) is 20.8 Å². The summed E-state index contributed by atoms with van der Waals surface area (Å²) in [7, 11) is 1.61. The number of rotatable bonds is 21. The Bertz CT molecular complexity index is 725. The number of nitro benzene ring substituents is 1. The summed E-state index contributed by atoms with van der Waals surface area (Å²) in [6.07, 6.45) is 13.6. The van der Waals surface area contributed by atoms with E-state index in [9.17, 15) is 14.9 Å². The van der Waals surface area contributed by atoms with Crippen LogP contribution >= 0.6 is 0 Å². The van der Waals surface area contributed by atoms with Crippen molar-refractivity contribution in [3.8, 4) is 0 Å². The number of hydrogen-bond acceptors (Lipinski definition) is 5. The van der Waals surface area contributed by atoms with Crippen LogP contribution in [0, 0.1) is 10.1 Å². The van der Waals surface area contributed by atoms with Gasteiger partial charge in [-0.1, -0.05) is 77.7 Å². The number of carbonyl (C=O) groups is 1. The Morgan fingerprint density at radius 3 is 2.23 bits per heavy atom. The van der Waals surface area contributed by atoms with Crippen molar-refractivity contribution in [2.45, 2.75) is 123 Å². The second-order valence-electron chi connectivity index (χ2n) is 9.48. The van der Waals surface area contributed by atoms with Crippen LogP contribution in [-0.4, -0.2) is 30.7 Å². The number of unbranched alkanes of at least 4 members (excludes halogenated alkanes) is 7. The number of carbonyl (C=O) groups excluding carboxylic acids is 1. The van der Waals surface area contributed by atoms with E-state index in [1.807, 2.05) is 13.0 Å². The van der Waals surface area contributed by atoms with Gasteiger partial charge in [0.15, 0.2) is 0 Å². The number of nitrogens with zero attached hydrogens (tertiary/aromatic N) is 1. The van der Waals surface area contributed by atoms with Crippen LogP contribution in [0.15, 0.2) is 18.2 Å². The van der Waals surface area contributed by atoms with Gasteiger partial charge in [0, 0.05) is 32.7 Å². The van der Waals surface area contributed by atoms with Gasteiger partial charge in [0.25, 0.3) is 5.69 Å². The molecule has 1 amide bonds. The third kappa shape index (κ3) is 13.6. The summed E-state index contributed by atoms with van der Waals surface area (Å²) in [6.45, 7) is 7.21. The van der Waals surface area contributed by atoms with Gasteiger partial charge in [-0.25, -0.2) is 0 Å². The van der Waals surface area contributed by atoms with Crippen LogP contribution in [0.1, 0.15) is 121 Å². The number of ether oxygens (including phenoxy) is 2. The van der Waals surface area contributed by atoms with Crippen LogP contribution in [0.25, 0.3) is 0 Å². The zero-order chi connectivity index (χ0) is 25.9. The van der Waals surface area contributed by atoms with Gasteiger partial charge >= 0.3 is 0 Å². The molecule has 35 heavy (non-hydrogen) atoms. The average Bonchev–Trinajstić information content (AvgIpc) is 2.84. The number of nitrogens with one attached hydrogen (secondary N) is 1. The largest absolute Gasteiger partial charge is 0.385 e. The lowest BCUT2D eigenvalue weighted by molar-refractivity contribution is -0.386. The van der Waals surface area contributed by atoms with Crippen molar-refractivity contribution in [2.75, 3.05) is 13.7 Å². The molecule has 7 heteroatoms. The zero-order valence-electron chi connectivity index (χ0n) is 22.5. The van der Waals surface area contributed by atoms with E-state index in [-0.39, 0.29) is 28.7 Å². The fraction of sp³-hybridized carbons (Fsp3) is 0.750. The van der Waals surface area contributed by atoms with Crippen molar-refractivity contribution < 1.29 is 19.2 Å². The van der Waals surface area contributed by atoms with Gasteiger partial charge in [-0.2, -0.15) is 0 Å². The molecule has 1 N–H and O–H groups in total. The quantitative estimate of drug-likeness (QED) is 0.110. The van der Waals surface area contributed by atoms with E-state index in [0.29, 0.717) is 31.6 Å². The summed E-state index contributed by atoms with van der Waals surface area (Å²) in [5.74, 6) is -0.0542. The molecule has 0 heterocycles. The van der Waals surface area contributed by atoms with E-state index < -0.39 is 0 Å². The highest BCUT2D eigenvalue weighted by atomic mass is 16.6. The predicted octanol–water partition coefficient (Wildman–Crippen LogP) is 7.41. The molecule has 0 radical (unpaired) electrons. The molecule has 0 bridgehead atoms. The Labute approximate surface area is 212 Å². The molecule has 0 fully saturated rings. The molecule has 1 rings (SSSR count). The van der Waals surface area contributed by atoms with Gasteiger partial charge in [-0.3, -0.25) is 14.9 Å². The summed E-state index contributed by atoms with van der Waals surface area (Å²) in [4.78, 5) is 23.4. The number of benzene rings is 1. The number of hydrogen-bond donors (Lipinski definition) is 1. The molecular weight excluding hydrogens is 444 g/mol. The molecule has 1 aromatic carbocycles. The van der Waals surface area contributed by atoms with Crippen LogP contribution in [0.2, 0.25) is 0 Å². The minimum Gasteiger partial charge on any atom is -0.385 e. The fourth-order valence-electron chi connectivity index (χ4n) is 4.29. The third-order valence-corrected chi connectivity index (χ3v) is 6.37. The summed E-state index contributed by atoms with van der Waals surface area (Å²) < 4.78 is 11.4. The molecule has 0 aromatic heterocycles. The normalized spacial score (nSPS) is 12.9. The molecule has 0 aliphatic rings. The average molecular weight is 493 g/mol. The zero-order valence-corrected chi connectivity index (χ0v) is 22.5. The molecule has 0 aliphatic heterocycles. The van der Waals surface area contributed by atoms with Crippen molar-refractivity contribution in [1.82, 2.24) is 5.32 Å². The Morgan fingerprint density at radius 1 is 1.00 bits per heavy atom. The molecule has 1 aromatic rings. The molecule has 0 saturated carbocycles. The van der Waals surface area contributed by atoms with Crippen LogP contribution in [0.4, 0.5) is 5.69 Å². The summed E-state index contributed by atoms with van der Waals surface area (Å²) in [5.41, 5.74) is 1.48. The third-order valence-electron chi connectivity index (χ3n) is 6.37. The topological polar surface area (TPSA) is 90.7 Å². The first-order valence-electron chi connectivity index (χ1n) is 13.6. The lowest BCUT2D eigenvalue weighted by Gasteiger charge is -2.23. The molecule has 2 atom stereocenters. The highest BCUT2D eigenvalue weighted by Crippen LogP contribution is 2.31. The van der Waals surface area contributed by atoms with Gasteiger partial charge < -0.3 is 14.8 Å². The maximum absolute atomic E-state index is 12.0. The van der Waals surface area contributed by atoms with Crippen molar-refractivity contribution in [1.29, 1.82) is 0 Å². The first kappa shape index (κ1) is 31.0. The van der Waals surface area contributed by atoms with E-state index >= 15 is 0 Å². The maximum Gasteiger partial charge on any atom is 0.275 e. The van der Waals surface area contributed by atoms with Gasteiger partial charge in [0.2, 0.25) is 5.91 Å².